The highest BCUT2D eigenvalue weighted by Crippen LogP contribution is 2.12. The minimum Gasteiger partial charge on any atom is -0.380 e. The summed E-state index contributed by atoms with van der Waals surface area (Å²) in [5, 5.41) is 10.8. The van der Waals surface area contributed by atoms with Gasteiger partial charge in [-0.05, 0) is 25.9 Å². The number of nitrogens with two attached hydrogens (primary N) is 1. The Morgan fingerprint density at radius 2 is 2.38 bits per heavy atom. The Labute approximate surface area is 94.2 Å². The third-order valence-electron chi connectivity index (χ3n) is 2.66. The first-order valence-electron chi connectivity index (χ1n) is 5.52. The molecule has 6 heteroatoms. The number of nitrogens with zero attached hydrogens (tertiary/aromatic N) is 2. The van der Waals surface area contributed by atoms with Crippen molar-refractivity contribution in [2.24, 2.45) is 5.73 Å². The quantitative estimate of drug-likeness (QED) is 0.644. The first-order chi connectivity index (χ1) is 7.74. The molecule has 1 fully saturated rings. The number of carbonyl (C=O) groups excluding carboxylic acids is 1. The smallest absolute Gasteiger partial charge is 0.239 e. The van der Waals surface area contributed by atoms with Gasteiger partial charge in [-0.2, -0.15) is 5.10 Å². The molecule has 1 amide bonds. The van der Waals surface area contributed by atoms with Crippen molar-refractivity contribution in [3.63, 3.8) is 0 Å². The zero-order valence-corrected chi connectivity index (χ0v) is 9.15. The van der Waals surface area contributed by atoms with Crippen LogP contribution in [0.3, 0.4) is 0 Å². The first-order valence-corrected chi connectivity index (χ1v) is 5.52. The Balaban J connectivity index is 1.88. The van der Waals surface area contributed by atoms with E-state index in [2.05, 4.69) is 15.7 Å². The highest BCUT2D eigenvalue weighted by Gasteiger charge is 2.13. The van der Waals surface area contributed by atoms with Crippen molar-refractivity contribution in [2.45, 2.75) is 25.4 Å². The van der Waals surface area contributed by atoms with Crippen LogP contribution >= 0.6 is 0 Å². The summed E-state index contributed by atoms with van der Waals surface area (Å²) in [5.74, 6) is -0.378. The number of hydrogen-bond acceptors (Lipinski definition) is 4. The van der Waals surface area contributed by atoms with Gasteiger partial charge in [0, 0.05) is 12.2 Å². The van der Waals surface area contributed by atoms with Crippen molar-refractivity contribution >= 4 is 11.6 Å². The Hall–Kier alpha value is -1.56. The molecule has 88 valence electrons. The average Bonchev–Trinajstić information content (AvgIpc) is 2.66. The maximum atomic E-state index is 10.7. The molecule has 2 rings (SSSR count). The third-order valence-corrected chi connectivity index (χ3v) is 2.66. The fourth-order valence-corrected chi connectivity index (χ4v) is 1.89. The zero-order valence-electron chi connectivity index (χ0n) is 9.15. The molecule has 1 aliphatic heterocycles. The van der Waals surface area contributed by atoms with Crippen molar-refractivity contribution in [3.8, 4) is 0 Å². The van der Waals surface area contributed by atoms with Crippen molar-refractivity contribution in [2.75, 3.05) is 18.4 Å². The SMILES string of the molecule is NC(=O)Cn1cc(NC2CCNCC2)cn1. The summed E-state index contributed by atoms with van der Waals surface area (Å²) in [6.45, 7) is 2.23. The van der Waals surface area contributed by atoms with Crippen LogP contribution in [0, 0.1) is 0 Å². The minimum atomic E-state index is -0.378. The molecule has 0 aliphatic carbocycles. The second-order valence-corrected chi connectivity index (χ2v) is 4.06. The van der Waals surface area contributed by atoms with Crippen LogP contribution in [-0.2, 0) is 11.3 Å². The lowest BCUT2D eigenvalue weighted by Crippen LogP contribution is -2.35. The van der Waals surface area contributed by atoms with E-state index < -0.39 is 0 Å². The molecule has 0 radical (unpaired) electrons. The van der Waals surface area contributed by atoms with E-state index in [1.807, 2.05) is 6.20 Å². The fourth-order valence-electron chi connectivity index (χ4n) is 1.89. The number of nitrogens with one attached hydrogen (secondary N) is 2. The second-order valence-electron chi connectivity index (χ2n) is 4.06. The van der Waals surface area contributed by atoms with Gasteiger partial charge in [0.05, 0.1) is 11.9 Å². The van der Waals surface area contributed by atoms with Crippen molar-refractivity contribution in [1.82, 2.24) is 15.1 Å². The highest BCUT2D eigenvalue weighted by molar-refractivity contribution is 5.73. The number of amides is 1. The van der Waals surface area contributed by atoms with Crippen LogP contribution in [-0.4, -0.2) is 34.8 Å². The number of rotatable bonds is 4. The molecule has 16 heavy (non-hydrogen) atoms. The predicted molar refractivity (Wildman–Crippen MR) is 60.9 cm³/mol. The number of aromatic nitrogens is 2. The van der Waals surface area contributed by atoms with E-state index in [9.17, 15) is 4.79 Å². The molecule has 1 aromatic rings. The van der Waals surface area contributed by atoms with E-state index in [1.165, 1.54) is 0 Å². The second kappa shape index (κ2) is 4.98. The van der Waals surface area contributed by atoms with E-state index >= 15 is 0 Å². The van der Waals surface area contributed by atoms with Gasteiger partial charge in [0.25, 0.3) is 0 Å². The van der Waals surface area contributed by atoms with E-state index in [4.69, 9.17) is 5.73 Å². The molecule has 0 bridgehead atoms. The van der Waals surface area contributed by atoms with Gasteiger partial charge >= 0.3 is 0 Å². The minimum absolute atomic E-state index is 0.133. The summed E-state index contributed by atoms with van der Waals surface area (Å²) in [6.07, 6.45) is 5.76. The Morgan fingerprint density at radius 1 is 1.62 bits per heavy atom. The molecule has 1 aromatic heterocycles. The lowest BCUT2D eigenvalue weighted by molar-refractivity contribution is -0.118. The molecule has 1 aliphatic rings. The van der Waals surface area contributed by atoms with Crippen LogP contribution in [0.5, 0.6) is 0 Å². The highest BCUT2D eigenvalue weighted by atomic mass is 16.1. The Morgan fingerprint density at radius 3 is 3.06 bits per heavy atom. The monoisotopic (exact) mass is 223 g/mol. The number of primary amides is 1. The summed E-state index contributed by atoms with van der Waals surface area (Å²) < 4.78 is 1.55. The average molecular weight is 223 g/mol. The van der Waals surface area contributed by atoms with Gasteiger partial charge in [0.15, 0.2) is 0 Å². The molecule has 0 unspecified atom stereocenters. The molecular weight excluding hydrogens is 206 g/mol. The summed E-state index contributed by atoms with van der Waals surface area (Å²) in [6, 6.07) is 0.493. The van der Waals surface area contributed by atoms with E-state index in [1.54, 1.807) is 10.9 Å². The molecule has 0 saturated carbocycles. The fraction of sp³-hybridized carbons (Fsp3) is 0.600. The number of piperidine rings is 1. The summed E-state index contributed by atoms with van der Waals surface area (Å²) in [5.41, 5.74) is 6.04. The predicted octanol–water partition coefficient (Wildman–Crippen LogP) is -0.468. The van der Waals surface area contributed by atoms with E-state index in [0.29, 0.717) is 6.04 Å². The van der Waals surface area contributed by atoms with Crippen LogP contribution in [0.4, 0.5) is 5.69 Å². The number of hydrogen-bond donors (Lipinski definition) is 3. The van der Waals surface area contributed by atoms with E-state index in [-0.39, 0.29) is 12.5 Å². The number of carbonyl (C=O) groups is 1. The normalized spacial score (nSPS) is 17.2. The largest absolute Gasteiger partial charge is 0.380 e. The maximum absolute atomic E-state index is 10.7. The summed E-state index contributed by atoms with van der Waals surface area (Å²) in [7, 11) is 0. The van der Waals surface area contributed by atoms with Gasteiger partial charge in [-0.25, -0.2) is 0 Å². The van der Waals surface area contributed by atoms with Crippen molar-refractivity contribution < 1.29 is 4.79 Å². The van der Waals surface area contributed by atoms with E-state index in [0.717, 1.165) is 31.6 Å². The van der Waals surface area contributed by atoms with Crippen LogP contribution in [0.15, 0.2) is 12.4 Å². The summed E-state index contributed by atoms with van der Waals surface area (Å²) >= 11 is 0. The topological polar surface area (TPSA) is 85.0 Å². The molecule has 0 aromatic carbocycles. The molecule has 1 saturated heterocycles. The molecule has 0 spiro atoms. The van der Waals surface area contributed by atoms with Crippen molar-refractivity contribution in [1.29, 1.82) is 0 Å². The summed E-state index contributed by atoms with van der Waals surface area (Å²) in [4.78, 5) is 10.7. The Bertz CT molecular complexity index is 356. The molecule has 0 atom stereocenters. The van der Waals surface area contributed by atoms with Gasteiger partial charge < -0.3 is 16.4 Å². The third kappa shape index (κ3) is 2.96. The van der Waals surface area contributed by atoms with Crippen LogP contribution in [0.1, 0.15) is 12.8 Å². The van der Waals surface area contributed by atoms with Crippen molar-refractivity contribution in [3.05, 3.63) is 12.4 Å². The van der Waals surface area contributed by atoms with Gasteiger partial charge in [-0.1, -0.05) is 0 Å². The molecule has 2 heterocycles. The van der Waals surface area contributed by atoms with Crippen LogP contribution in [0.2, 0.25) is 0 Å². The van der Waals surface area contributed by atoms with Gasteiger partial charge in [-0.3, -0.25) is 9.48 Å². The van der Waals surface area contributed by atoms with Gasteiger partial charge in [0.2, 0.25) is 5.91 Å². The van der Waals surface area contributed by atoms with Crippen LogP contribution < -0.4 is 16.4 Å². The zero-order chi connectivity index (χ0) is 11.4. The first kappa shape index (κ1) is 10.9. The Kier molecular flexibility index (Phi) is 3.40. The van der Waals surface area contributed by atoms with Gasteiger partial charge in [0.1, 0.15) is 6.54 Å². The lowest BCUT2D eigenvalue weighted by atomic mass is 10.1. The molecular formula is C10H17N5O. The van der Waals surface area contributed by atoms with Gasteiger partial charge in [-0.15, -0.1) is 0 Å². The lowest BCUT2D eigenvalue weighted by Gasteiger charge is -2.23. The maximum Gasteiger partial charge on any atom is 0.239 e. The number of anilines is 1. The standard InChI is InChI=1S/C10H17N5O/c11-10(16)7-15-6-9(5-13-15)14-8-1-3-12-4-2-8/h5-6,8,12,14H,1-4,7H2,(H2,11,16). The van der Waals surface area contributed by atoms with Crippen LogP contribution in [0.25, 0.3) is 0 Å². The molecule has 6 nitrogen and oxygen atoms in total. The molecule has 4 N–H and O–H groups in total.